The highest BCUT2D eigenvalue weighted by Crippen LogP contribution is 2.35. The molecule has 2 heterocycles. The van der Waals surface area contributed by atoms with E-state index in [0.717, 1.165) is 17.7 Å². The van der Waals surface area contributed by atoms with Crippen LogP contribution in [0, 0.1) is 6.92 Å². The quantitative estimate of drug-likeness (QED) is 0.639. The summed E-state index contributed by atoms with van der Waals surface area (Å²) in [7, 11) is 1.54. The number of thiazole rings is 1. The number of hydrogen-bond donors (Lipinski definition) is 2. The summed E-state index contributed by atoms with van der Waals surface area (Å²) in [6.45, 7) is 3.81. The van der Waals surface area contributed by atoms with Gasteiger partial charge >= 0.3 is 6.03 Å². The second-order valence-corrected chi connectivity index (χ2v) is 8.07. The van der Waals surface area contributed by atoms with Crippen molar-refractivity contribution in [1.82, 2.24) is 4.98 Å². The largest absolute Gasteiger partial charge is 0.495 e. The second kappa shape index (κ2) is 8.16. The lowest BCUT2D eigenvalue weighted by molar-refractivity contribution is 0.0984. The van der Waals surface area contributed by atoms with Gasteiger partial charge in [0, 0.05) is 11.7 Å². The second-order valence-electron chi connectivity index (χ2n) is 7.07. The van der Waals surface area contributed by atoms with Crippen LogP contribution >= 0.6 is 11.3 Å². The molecular formula is C22H22N4O3S. The van der Waals surface area contributed by atoms with E-state index in [9.17, 15) is 9.59 Å². The number of carbonyl (C=O) groups is 2. The third-order valence-electron chi connectivity index (χ3n) is 4.99. The lowest BCUT2D eigenvalue weighted by atomic mass is 10.1. The van der Waals surface area contributed by atoms with E-state index in [0.29, 0.717) is 27.1 Å². The molecule has 8 heteroatoms. The number of benzene rings is 2. The Labute approximate surface area is 178 Å². The summed E-state index contributed by atoms with van der Waals surface area (Å²) < 4.78 is 5.24. The van der Waals surface area contributed by atoms with E-state index in [-0.39, 0.29) is 11.9 Å². The number of methoxy groups -OCH3 is 1. The van der Waals surface area contributed by atoms with Crippen molar-refractivity contribution < 1.29 is 14.3 Å². The summed E-state index contributed by atoms with van der Waals surface area (Å²) >= 11 is 1.17. The van der Waals surface area contributed by atoms with Crippen LogP contribution in [0.25, 0.3) is 0 Å². The zero-order chi connectivity index (χ0) is 21.3. The van der Waals surface area contributed by atoms with Gasteiger partial charge in [-0.25, -0.2) is 9.78 Å². The predicted octanol–water partition coefficient (Wildman–Crippen LogP) is 4.70. The number of amides is 3. The molecule has 0 bridgehead atoms. The van der Waals surface area contributed by atoms with Crippen molar-refractivity contribution in [1.29, 1.82) is 0 Å². The van der Waals surface area contributed by atoms with E-state index in [1.54, 1.807) is 25.1 Å². The summed E-state index contributed by atoms with van der Waals surface area (Å²) in [5, 5.41) is 5.81. The van der Waals surface area contributed by atoms with Gasteiger partial charge in [0.15, 0.2) is 5.13 Å². The van der Waals surface area contributed by atoms with Gasteiger partial charge in [0.05, 0.1) is 18.5 Å². The monoisotopic (exact) mass is 422 g/mol. The maximum Gasteiger partial charge on any atom is 0.325 e. The van der Waals surface area contributed by atoms with Gasteiger partial charge in [-0.05, 0) is 44.0 Å². The van der Waals surface area contributed by atoms with E-state index >= 15 is 0 Å². The fourth-order valence-electron chi connectivity index (χ4n) is 3.63. The SMILES string of the molecule is COc1ccccc1NC(=O)Nc1nc(C)c(C(=O)N2c3ccccc3CC2C)s1. The van der Waals surface area contributed by atoms with Crippen LogP contribution in [0.2, 0.25) is 0 Å². The van der Waals surface area contributed by atoms with Crippen molar-refractivity contribution in [3.63, 3.8) is 0 Å². The van der Waals surface area contributed by atoms with Crippen LogP contribution in [0.4, 0.5) is 21.3 Å². The number of aryl methyl sites for hydroxylation is 1. The number of rotatable bonds is 4. The van der Waals surface area contributed by atoms with E-state index in [4.69, 9.17) is 4.74 Å². The molecule has 2 aromatic carbocycles. The molecule has 30 heavy (non-hydrogen) atoms. The van der Waals surface area contributed by atoms with Crippen molar-refractivity contribution >= 4 is 39.8 Å². The molecule has 3 aromatic rings. The van der Waals surface area contributed by atoms with E-state index < -0.39 is 6.03 Å². The fourth-order valence-corrected chi connectivity index (χ4v) is 4.53. The standard InChI is InChI=1S/C22H22N4O3S/c1-13-12-15-8-4-6-10-17(15)26(13)20(27)19-14(2)23-22(30-19)25-21(28)24-16-9-5-7-11-18(16)29-3/h4-11,13H,12H2,1-3H3,(H2,23,24,25,28). The van der Waals surface area contributed by atoms with Gasteiger partial charge in [-0.3, -0.25) is 10.1 Å². The van der Waals surface area contributed by atoms with Crippen molar-refractivity contribution in [2.75, 3.05) is 22.6 Å². The molecule has 1 aromatic heterocycles. The zero-order valence-electron chi connectivity index (χ0n) is 16.9. The first-order chi connectivity index (χ1) is 14.5. The van der Waals surface area contributed by atoms with Gasteiger partial charge < -0.3 is 15.0 Å². The number of hydrogen-bond acceptors (Lipinski definition) is 5. The molecule has 0 aliphatic carbocycles. The molecule has 1 atom stereocenters. The van der Waals surface area contributed by atoms with E-state index in [2.05, 4.69) is 15.6 Å². The molecule has 0 spiro atoms. The van der Waals surface area contributed by atoms with Gasteiger partial charge in [-0.2, -0.15) is 0 Å². The number of carbonyl (C=O) groups excluding carboxylic acids is 2. The van der Waals surface area contributed by atoms with E-state index in [1.165, 1.54) is 18.4 Å². The van der Waals surface area contributed by atoms with Crippen molar-refractivity contribution in [3.05, 3.63) is 64.7 Å². The molecule has 3 amide bonds. The topological polar surface area (TPSA) is 83.6 Å². The lowest BCUT2D eigenvalue weighted by Gasteiger charge is -2.22. The highest BCUT2D eigenvalue weighted by Gasteiger charge is 2.33. The van der Waals surface area contributed by atoms with Gasteiger partial charge in [-0.15, -0.1) is 0 Å². The van der Waals surface area contributed by atoms with Gasteiger partial charge in [-0.1, -0.05) is 41.7 Å². The Morgan fingerprint density at radius 2 is 1.87 bits per heavy atom. The number of anilines is 3. The molecule has 2 N–H and O–H groups in total. The van der Waals surface area contributed by atoms with Gasteiger partial charge in [0.25, 0.3) is 5.91 Å². The molecule has 1 aliphatic heterocycles. The first kappa shape index (κ1) is 19.9. The smallest absolute Gasteiger partial charge is 0.325 e. The van der Waals surface area contributed by atoms with Crippen LogP contribution in [-0.4, -0.2) is 30.1 Å². The number of nitrogens with one attached hydrogen (secondary N) is 2. The van der Waals surface area contributed by atoms with Crippen LogP contribution in [0.1, 0.15) is 27.9 Å². The summed E-state index contributed by atoms with van der Waals surface area (Å²) in [5.41, 5.74) is 3.24. The van der Waals surface area contributed by atoms with Crippen molar-refractivity contribution in [2.45, 2.75) is 26.3 Å². The minimum atomic E-state index is -0.452. The van der Waals surface area contributed by atoms with Crippen LogP contribution in [0.15, 0.2) is 48.5 Å². The summed E-state index contributed by atoms with van der Waals surface area (Å²) in [4.78, 5) is 32.4. The third-order valence-corrected chi connectivity index (χ3v) is 6.05. The number of fused-ring (bicyclic) bond motifs is 1. The first-order valence-electron chi connectivity index (χ1n) is 9.58. The lowest BCUT2D eigenvalue weighted by Crippen LogP contribution is -2.35. The zero-order valence-corrected chi connectivity index (χ0v) is 17.7. The molecule has 1 unspecified atom stereocenters. The van der Waals surface area contributed by atoms with Gasteiger partial charge in [0.1, 0.15) is 10.6 Å². The number of aromatic nitrogens is 1. The maximum absolute atomic E-state index is 13.3. The predicted molar refractivity (Wildman–Crippen MR) is 119 cm³/mol. The van der Waals surface area contributed by atoms with Crippen LogP contribution < -0.4 is 20.3 Å². The molecule has 154 valence electrons. The Kier molecular flexibility index (Phi) is 5.41. The number of nitrogens with zero attached hydrogens (tertiary/aromatic N) is 2. The Morgan fingerprint density at radius 3 is 2.67 bits per heavy atom. The Bertz CT molecular complexity index is 1110. The Hall–Kier alpha value is -3.39. The molecular weight excluding hydrogens is 400 g/mol. The normalized spacial score (nSPS) is 14.9. The minimum absolute atomic E-state index is 0.0710. The van der Waals surface area contributed by atoms with Crippen LogP contribution in [0.5, 0.6) is 5.75 Å². The summed E-state index contributed by atoms with van der Waals surface area (Å²) in [6.07, 6.45) is 0.826. The third kappa shape index (κ3) is 3.73. The molecule has 7 nitrogen and oxygen atoms in total. The highest BCUT2D eigenvalue weighted by atomic mass is 32.1. The first-order valence-corrected chi connectivity index (χ1v) is 10.4. The summed E-state index contributed by atoms with van der Waals surface area (Å²) in [5.74, 6) is 0.459. The Balaban J connectivity index is 1.51. The van der Waals surface area contributed by atoms with E-state index in [1.807, 2.05) is 42.2 Å². The molecule has 0 radical (unpaired) electrons. The van der Waals surface area contributed by atoms with Crippen LogP contribution in [-0.2, 0) is 6.42 Å². The number of para-hydroxylation sites is 3. The molecule has 0 saturated heterocycles. The van der Waals surface area contributed by atoms with Crippen LogP contribution in [0.3, 0.4) is 0 Å². The summed E-state index contributed by atoms with van der Waals surface area (Å²) in [6, 6.07) is 14.7. The Morgan fingerprint density at radius 1 is 1.13 bits per heavy atom. The number of ether oxygens (including phenoxy) is 1. The fraction of sp³-hybridized carbons (Fsp3) is 0.227. The molecule has 4 rings (SSSR count). The van der Waals surface area contributed by atoms with Gasteiger partial charge in [0.2, 0.25) is 0 Å². The molecule has 1 aliphatic rings. The number of urea groups is 1. The van der Waals surface area contributed by atoms with Crippen molar-refractivity contribution in [3.8, 4) is 5.75 Å². The molecule has 0 saturated carbocycles. The minimum Gasteiger partial charge on any atom is -0.495 e. The molecule has 0 fully saturated rings. The average molecular weight is 423 g/mol. The average Bonchev–Trinajstić information content (AvgIpc) is 3.26. The van der Waals surface area contributed by atoms with Crippen molar-refractivity contribution in [2.24, 2.45) is 0 Å². The highest BCUT2D eigenvalue weighted by molar-refractivity contribution is 7.17. The maximum atomic E-state index is 13.3.